The highest BCUT2D eigenvalue weighted by Gasteiger charge is 2.30. The smallest absolute Gasteiger partial charge is 0.416 e. The van der Waals surface area contributed by atoms with E-state index in [0.29, 0.717) is 22.2 Å². The molecule has 0 atom stereocenters. The van der Waals surface area contributed by atoms with Crippen LogP contribution < -0.4 is 11.2 Å². The fourth-order valence-electron chi connectivity index (χ4n) is 3.60. The Kier molecular flexibility index (Phi) is 5.16. The van der Waals surface area contributed by atoms with Gasteiger partial charge in [-0.25, -0.2) is 4.79 Å². The van der Waals surface area contributed by atoms with E-state index in [1.165, 1.54) is 23.0 Å². The molecular weight excluding hydrogens is 453 g/mol. The topological polar surface area (TPSA) is 96.1 Å². The molecule has 0 aliphatic heterocycles. The molecule has 3 aromatic heterocycles. The maximum absolute atomic E-state index is 13.2. The van der Waals surface area contributed by atoms with Gasteiger partial charge in [0.25, 0.3) is 5.56 Å². The molecule has 0 aliphatic carbocycles. The summed E-state index contributed by atoms with van der Waals surface area (Å²) >= 11 is 0. The number of hydrogen-bond acceptors (Lipinski definition) is 6. The van der Waals surface area contributed by atoms with Gasteiger partial charge in [-0.2, -0.15) is 18.2 Å². The van der Waals surface area contributed by atoms with Gasteiger partial charge in [0.2, 0.25) is 11.7 Å². The van der Waals surface area contributed by atoms with Gasteiger partial charge in [0.15, 0.2) is 0 Å². The van der Waals surface area contributed by atoms with Gasteiger partial charge in [0, 0.05) is 5.56 Å². The molecule has 0 fully saturated rings. The van der Waals surface area contributed by atoms with Crippen LogP contribution in [0, 0.1) is 0 Å². The van der Waals surface area contributed by atoms with Crippen molar-refractivity contribution in [3.8, 4) is 11.4 Å². The van der Waals surface area contributed by atoms with Crippen LogP contribution in [0.4, 0.5) is 13.2 Å². The molecule has 0 radical (unpaired) electrons. The van der Waals surface area contributed by atoms with Crippen LogP contribution in [0.3, 0.4) is 0 Å². The molecule has 0 saturated carbocycles. The number of nitrogens with zero attached hydrogens (tertiary/aromatic N) is 4. The van der Waals surface area contributed by atoms with Crippen molar-refractivity contribution in [3.05, 3.63) is 105 Å². The summed E-state index contributed by atoms with van der Waals surface area (Å²) in [6, 6.07) is 14.2. The van der Waals surface area contributed by atoms with Crippen molar-refractivity contribution in [2.24, 2.45) is 0 Å². The van der Waals surface area contributed by atoms with Crippen LogP contribution >= 0.6 is 0 Å². The lowest BCUT2D eigenvalue weighted by molar-refractivity contribution is -0.137. The molecular formula is C23H15F3N4O4. The minimum Gasteiger partial charge on any atom is -0.467 e. The fourth-order valence-corrected chi connectivity index (χ4v) is 3.60. The largest absolute Gasteiger partial charge is 0.467 e. The van der Waals surface area contributed by atoms with Crippen LogP contribution in [-0.4, -0.2) is 19.3 Å². The van der Waals surface area contributed by atoms with Crippen molar-refractivity contribution in [1.29, 1.82) is 0 Å². The number of rotatable bonds is 5. The van der Waals surface area contributed by atoms with E-state index >= 15 is 0 Å². The normalized spacial score (nSPS) is 11.9. The molecule has 8 nitrogen and oxygen atoms in total. The van der Waals surface area contributed by atoms with Gasteiger partial charge >= 0.3 is 11.9 Å². The highest BCUT2D eigenvalue weighted by molar-refractivity contribution is 5.77. The van der Waals surface area contributed by atoms with Crippen LogP contribution in [-0.2, 0) is 19.3 Å². The first-order valence-electron chi connectivity index (χ1n) is 10.1. The van der Waals surface area contributed by atoms with Crippen LogP contribution in [0.1, 0.15) is 17.2 Å². The van der Waals surface area contributed by atoms with E-state index in [1.54, 1.807) is 36.4 Å². The van der Waals surface area contributed by atoms with Gasteiger partial charge in [-0.15, -0.1) is 0 Å². The zero-order valence-electron chi connectivity index (χ0n) is 17.3. The van der Waals surface area contributed by atoms with Crippen molar-refractivity contribution >= 4 is 10.9 Å². The molecule has 2 aromatic carbocycles. The second-order valence-electron chi connectivity index (χ2n) is 7.44. The number of fused-ring (bicyclic) bond motifs is 1. The summed E-state index contributed by atoms with van der Waals surface area (Å²) < 4.78 is 51.3. The van der Waals surface area contributed by atoms with E-state index in [1.807, 2.05) is 0 Å². The predicted molar refractivity (Wildman–Crippen MR) is 114 cm³/mol. The van der Waals surface area contributed by atoms with Gasteiger partial charge in [-0.3, -0.25) is 13.9 Å². The van der Waals surface area contributed by atoms with E-state index in [-0.39, 0.29) is 24.8 Å². The van der Waals surface area contributed by atoms with E-state index in [4.69, 9.17) is 8.94 Å². The summed E-state index contributed by atoms with van der Waals surface area (Å²) in [4.78, 5) is 30.4. The molecule has 11 heteroatoms. The second kappa shape index (κ2) is 8.18. The lowest BCUT2D eigenvalue weighted by Crippen LogP contribution is -2.40. The Morgan fingerprint density at radius 2 is 1.65 bits per heavy atom. The van der Waals surface area contributed by atoms with Crippen LogP contribution in [0.15, 0.2) is 85.5 Å². The fraction of sp³-hybridized carbons (Fsp3) is 0.130. The Morgan fingerprint density at radius 1 is 0.882 bits per heavy atom. The summed E-state index contributed by atoms with van der Waals surface area (Å²) in [5.74, 6) is 0.554. The second-order valence-corrected chi connectivity index (χ2v) is 7.44. The number of aromatic nitrogens is 4. The van der Waals surface area contributed by atoms with Crippen LogP contribution in [0.25, 0.3) is 22.3 Å². The summed E-state index contributed by atoms with van der Waals surface area (Å²) in [6.45, 7) is -0.207. The number of alkyl halides is 3. The van der Waals surface area contributed by atoms with E-state index in [2.05, 4.69) is 10.1 Å². The third-order valence-corrected chi connectivity index (χ3v) is 5.26. The van der Waals surface area contributed by atoms with Crippen LogP contribution in [0.2, 0.25) is 0 Å². The number of hydrogen-bond donors (Lipinski definition) is 0. The maximum atomic E-state index is 13.2. The molecule has 0 N–H and O–H groups in total. The number of furan rings is 1. The molecule has 0 saturated heterocycles. The average molecular weight is 468 g/mol. The maximum Gasteiger partial charge on any atom is 0.416 e. The zero-order chi connectivity index (χ0) is 23.9. The molecule has 0 aliphatic rings. The summed E-state index contributed by atoms with van der Waals surface area (Å²) in [5.41, 5.74) is -1.17. The van der Waals surface area contributed by atoms with E-state index in [9.17, 15) is 22.8 Å². The lowest BCUT2D eigenvalue weighted by Gasteiger charge is -2.12. The van der Waals surface area contributed by atoms with Gasteiger partial charge in [-0.1, -0.05) is 29.4 Å². The first-order chi connectivity index (χ1) is 16.3. The van der Waals surface area contributed by atoms with E-state index < -0.39 is 23.0 Å². The molecule has 3 heterocycles. The highest BCUT2D eigenvalue weighted by atomic mass is 19.4. The van der Waals surface area contributed by atoms with Gasteiger partial charge in [0.1, 0.15) is 12.3 Å². The van der Waals surface area contributed by atoms with Gasteiger partial charge in [-0.05, 0) is 36.4 Å². The molecule has 5 rings (SSSR count). The predicted octanol–water partition coefficient (Wildman–Crippen LogP) is 3.92. The summed E-state index contributed by atoms with van der Waals surface area (Å²) in [7, 11) is 0. The summed E-state index contributed by atoms with van der Waals surface area (Å²) in [6.07, 6.45) is -3.01. The Bertz CT molecular complexity index is 1580. The lowest BCUT2D eigenvalue weighted by atomic mass is 10.1. The quantitative estimate of drug-likeness (QED) is 0.388. The Morgan fingerprint density at radius 3 is 2.35 bits per heavy atom. The minimum atomic E-state index is -4.46. The summed E-state index contributed by atoms with van der Waals surface area (Å²) in [5, 5.41) is 4.13. The van der Waals surface area contributed by atoms with Crippen molar-refractivity contribution in [2.45, 2.75) is 19.3 Å². The third-order valence-electron chi connectivity index (χ3n) is 5.26. The third kappa shape index (κ3) is 3.91. The number of halogens is 3. The van der Waals surface area contributed by atoms with Crippen LogP contribution in [0.5, 0.6) is 0 Å². The molecule has 0 spiro atoms. The van der Waals surface area contributed by atoms with Gasteiger partial charge < -0.3 is 8.94 Å². The number of para-hydroxylation sites is 1. The molecule has 0 bridgehead atoms. The van der Waals surface area contributed by atoms with Gasteiger partial charge in [0.05, 0.1) is 29.3 Å². The number of benzene rings is 2. The average Bonchev–Trinajstić information content (AvgIpc) is 3.51. The first kappa shape index (κ1) is 21.4. The molecule has 0 unspecified atom stereocenters. The monoisotopic (exact) mass is 468 g/mol. The first-order valence-corrected chi connectivity index (χ1v) is 10.1. The zero-order valence-corrected chi connectivity index (χ0v) is 17.3. The minimum absolute atomic E-state index is 0.0466. The van der Waals surface area contributed by atoms with Crippen molar-refractivity contribution in [3.63, 3.8) is 0 Å². The Balaban J connectivity index is 1.53. The molecule has 34 heavy (non-hydrogen) atoms. The standard InChI is InChI=1S/C23H15F3N4O4/c24-23(25,26)15-9-7-14(8-10-15)20-27-19(34-28-20)13-29-18-6-2-1-5-17(18)21(31)30(22(29)32)12-16-4-3-11-33-16/h1-11H,12-13H2. The van der Waals surface area contributed by atoms with E-state index in [0.717, 1.165) is 16.7 Å². The molecule has 0 amide bonds. The molecule has 5 aromatic rings. The molecule has 172 valence electrons. The Hall–Kier alpha value is -4.41. The van der Waals surface area contributed by atoms with Crippen molar-refractivity contribution in [1.82, 2.24) is 19.3 Å². The SMILES string of the molecule is O=c1c2ccccc2n(Cc2nc(-c3ccc(C(F)(F)F)cc3)no2)c(=O)n1Cc1ccco1. The van der Waals surface area contributed by atoms with Crippen molar-refractivity contribution < 1.29 is 22.1 Å². The van der Waals surface area contributed by atoms with Crippen molar-refractivity contribution in [2.75, 3.05) is 0 Å². The Labute approximate surface area is 188 Å². The highest BCUT2D eigenvalue weighted by Crippen LogP contribution is 2.30.